The Morgan fingerprint density at radius 1 is 1.12 bits per heavy atom. The fourth-order valence-electron chi connectivity index (χ4n) is 4.15. The maximum Gasteiger partial charge on any atom is 0.317 e. The summed E-state index contributed by atoms with van der Waals surface area (Å²) in [7, 11) is 4.07. The van der Waals surface area contributed by atoms with E-state index < -0.39 is 0 Å². The van der Waals surface area contributed by atoms with Gasteiger partial charge in [-0.25, -0.2) is 19.9 Å². The molecule has 2 fully saturated rings. The molecule has 174 valence electrons. The molecule has 1 N–H and O–H groups in total. The third-order valence-corrected chi connectivity index (χ3v) is 7.56. The number of nitrogens with zero attached hydrogens (tertiary/aromatic N) is 6. The number of rotatable bonds is 7. The highest BCUT2D eigenvalue weighted by molar-refractivity contribution is 7.18. The van der Waals surface area contributed by atoms with Gasteiger partial charge in [0.25, 0.3) is 0 Å². The maximum absolute atomic E-state index is 6.11. The van der Waals surface area contributed by atoms with E-state index in [-0.39, 0.29) is 12.1 Å². The van der Waals surface area contributed by atoms with Crippen LogP contribution in [0.2, 0.25) is 0 Å². The van der Waals surface area contributed by atoms with Gasteiger partial charge >= 0.3 is 6.01 Å². The molecular weight excluding hydrogens is 438 g/mol. The molecule has 1 saturated carbocycles. The molecule has 3 aromatic rings. The third kappa shape index (κ3) is 4.97. The van der Waals surface area contributed by atoms with Crippen LogP contribution in [0.5, 0.6) is 6.01 Å². The van der Waals surface area contributed by atoms with E-state index in [2.05, 4.69) is 42.1 Å². The zero-order chi connectivity index (χ0) is 22.8. The molecule has 1 unspecified atom stereocenters. The smallest absolute Gasteiger partial charge is 0.317 e. The van der Waals surface area contributed by atoms with Crippen molar-refractivity contribution in [2.24, 2.45) is 5.41 Å². The minimum absolute atomic E-state index is 0.167. The molecule has 4 heterocycles. The van der Waals surface area contributed by atoms with E-state index in [0.717, 1.165) is 55.0 Å². The molecule has 9 nitrogen and oxygen atoms in total. The lowest BCUT2D eigenvalue weighted by atomic mass is 9.72. The average molecular weight is 468 g/mol. The summed E-state index contributed by atoms with van der Waals surface area (Å²) in [4.78, 5) is 25.3. The monoisotopic (exact) mass is 467 g/mol. The van der Waals surface area contributed by atoms with Crippen molar-refractivity contribution in [3.63, 3.8) is 0 Å². The minimum Gasteiger partial charge on any atom is -0.460 e. The van der Waals surface area contributed by atoms with Crippen LogP contribution in [0.4, 0.5) is 11.1 Å². The molecule has 5 rings (SSSR count). The van der Waals surface area contributed by atoms with Crippen molar-refractivity contribution in [3.8, 4) is 16.6 Å². The second kappa shape index (κ2) is 9.28. The summed E-state index contributed by atoms with van der Waals surface area (Å²) < 4.78 is 11.5. The van der Waals surface area contributed by atoms with E-state index in [1.165, 1.54) is 11.3 Å². The molecule has 1 saturated heterocycles. The van der Waals surface area contributed by atoms with E-state index in [9.17, 15) is 0 Å². The lowest BCUT2D eigenvalue weighted by Gasteiger charge is -2.45. The number of aromatic nitrogens is 5. The first-order valence-corrected chi connectivity index (χ1v) is 12.1. The number of anilines is 2. The topological polar surface area (TPSA) is 98.2 Å². The molecule has 0 radical (unpaired) electrons. The fraction of sp³-hybridized carbons (Fsp3) is 0.522. The molecule has 0 bridgehead atoms. The highest BCUT2D eigenvalue weighted by atomic mass is 32.1. The Balaban J connectivity index is 1.21. The van der Waals surface area contributed by atoms with Crippen LogP contribution >= 0.6 is 11.3 Å². The fourth-order valence-corrected chi connectivity index (χ4v) is 4.93. The van der Waals surface area contributed by atoms with Crippen LogP contribution in [0.25, 0.3) is 10.6 Å². The van der Waals surface area contributed by atoms with Crippen molar-refractivity contribution in [1.29, 1.82) is 0 Å². The number of thiazole rings is 1. The highest BCUT2D eigenvalue weighted by Crippen LogP contribution is 2.43. The van der Waals surface area contributed by atoms with E-state index in [0.29, 0.717) is 22.5 Å². The van der Waals surface area contributed by atoms with Gasteiger partial charge in [-0.05, 0) is 52.8 Å². The van der Waals surface area contributed by atoms with Crippen molar-refractivity contribution in [3.05, 3.63) is 36.4 Å². The van der Waals surface area contributed by atoms with Crippen LogP contribution < -0.4 is 10.1 Å². The van der Waals surface area contributed by atoms with Crippen LogP contribution in [0.3, 0.4) is 0 Å². The standard InChI is InChI=1S/C23H29N7O2S/c1-15(30(2)3)16-10-25-20(26-11-16)29-22-27-12-19(33-22)18-6-9-24-21(28-18)32-17-4-7-23(8-5-17)13-31-14-23/h6,9-12,15,17H,4-5,7-8,13-14H2,1-3H3,(H,25,26,27,29). The zero-order valence-corrected chi connectivity index (χ0v) is 20.0. The molecule has 3 aromatic heterocycles. The number of ether oxygens (including phenoxy) is 2. The van der Waals surface area contributed by atoms with Crippen molar-refractivity contribution < 1.29 is 9.47 Å². The summed E-state index contributed by atoms with van der Waals surface area (Å²) in [6, 6.07) is 2.55. The van der Waals surface area contributed by atoms with Crippen molar-refractivity contribution in [1.82, 2.24) is 29.8 Å². The molecular formula is C23H29N7O2S. The van der Waals surface area contributed by atoms with Gasteiger partial charge in [-0.2, -0.15) is 4.98 Å². The lowest BCUT2D eigenvalue weighted by molar-refractivity contribution is -0.140. The molecule has 1 spiro atoms. The number of nitrogens with one attached hydrogen (secondary N) is 1. The molecule has 0 amide bonds. The molecule has 0 aromatic carbocycles. The second-order valence-electron chi connectivity index (χ2n) is 9.17. The molecule has 1 aliphatic heterocycles. The van der Waals surface area contributed by atoms with Gasteiger partial charge in [0.1, 0.15) is 6.10 Å². The lowest BCUT2D eigenvalue weighted by Crippen LogP contribution is -2.46. The van der Waals surface area contributed by atoms with Crippen molar-refractivity contribution >= 4 is 22.4 Å². The van der Waals surface area contributed by atoms with E-state index >= 15 is 0 Å². The van der Waals surface area contributed by atoms with Gasteiger partial charge in [-0.15, -0.1) is 0 Å². The first-order chi connectivity index (χ1) is 16.0. The first kappa shape index (κ1) is 22.1. The van der Waals surface area contributed by atoms with Crippen LogP contribution in [0.15, 0.2) is 30.9 Å². The highest BCUT2D eigenvalue weighted by Gasteiger charge is 2.42. The third-order valence-electron chi connectivity index (χ3n) is 6.62. The summed E-state index contributed by atoms with van der Waals surface area (Å²) in [5.41, 5.74) is 2.26. The predicted octanol–water partition coefficient (Wildman–Crippen LogP) is 4.09. The molecule has 2 aliphatic rings. The summed E-state index contributed by atoms with van der Waals surface area (Å²) in [5.74, 6) is 0.518. The Kier molecular flexibility index (Phi) is 6.22. The van der Waals surface area contributed by atoms with Gasteiger partial charge in [0, 0.05) is 41.8 Å². The largest absolute Gasteiger partial charge is 0.460 e. The Morgan fingerprint density at radius 3 is 2.55 bits per heavy atom. The Morgan fingerprint density at radius 2 is 1.88 bits per heavy atom. The summed E-state index contributed by atoms with van der Waals surface area (Å²) >= 11 is 1.49. The van der Waals surface area contributed by atoms with Gasteiger partial charge in [0.05, 0.1) is 23.8 Å². The van der Waals surface area contributed by atoms with Gasteiger partial charge in [0.15, 0.2) is 5.13 Å². The molecule has 33 heavy (non-hydrogen) atoms. The summed E-state index contributed by atoms with van der Waals surface area (Å²) in [6.45, 7) is 3.92. The summed E-state index contributed by atoms with van der Waals surface area (Å²) in [5, 5.41) is 3.88. The summed E-state index contributed by atoms with van der Waals surface area (Å²) in [6.07, 6.45) is 11.7. The molecule has 10 heteroatoms. The molecule has 1 atom stereocenters. The van der Waals surface area contributed by atoms with Crippen LogP contribution in [-0.2, 0) is 4.74 Å². The minimum atomic E-state index is 0.167. The average Bonchev–Trinajstić information content (AvgIpc) is 3.27. The first-order valence-electron chi connectivity index (χ1n) is 11.3. The predicted molar refractivity (Wildman–Crippen MR) is 127 cm³/mol. The van der Waals surface area contributed by atoms with E-state index in [4.69, 9.17) is 9.47 Å². The van der Waals surface area contributed by atoms with Gasteiger partial charge in [-0.3, -0.25) is 0 Å². The zero-order valence-electron chi connectivity index (χ0n) is 19.2. The van der Waals surface area contributed by atoms with E-state index in [1.807, 2.05) is 32.6 Å². The Hall–Kier alpha value is -2.69. The van der Waals surface area contributed by atoms with Crippen molar-refractivity contribution in [2.75, 3.05) is 32.6 Å². The number of hydrogen-bond acceptors (Lipinski definition) is 10. The second-order valence-corrected chi connectivity index (χ2v) is 10.2. The Bertz CT molecular complexity index is 1070. The van der Waals surface area contributed by atoms with Crippen LogP contribution in [0.1, 0.15) is 44.2 Å². The van der Waals surface area contributed by atoms with Gasteiger partial charge in [0.2, 0.25) is 5.95 Å². The Labute approximate surface area is 197 Å². The van der Waals surface area contributed by atoms with Gasteiger partial charge < -0.3 is 19.7 Å². The van der Waals surface area contributed by atoms with Crippen molar-refractivity contribution in [2.45, 2.75) is 44.8 Å². The molecule has 1 aliphatic carbocycles. The quantitative estimate of drug-likeness (QED) is 0.551. The van der Waals surface area contributed by atoms with E-state index in [1.54, 1.807) is 12.4 Å². The number of hydrogen-bond donors (Lipinski definition) is 1. The van der Waals surface area contributed by atoms with Crippen LogP contribution in [0, 0.1) is 5.41 Å². The maximum atomic E-state index is 6.11. The van der Waals surface area contributed by atoms with Crippen LogP contribution in [-0.4, -0.2) is 63.2 Å². The van der Waals surface area contributed by atoms with Gasteiger partial charge in [-0.1, -0.05) is 11.3 Å². The SMILES string of the molecule is CC(c1cnc(Nc2ncc(-c3ccnc(OC4CCC5(CC4)COC5)n3)s2)nc1)N(C)C. The normalized spacial score (nSPS) is 18.8.